The van der Waals surface area contributed by atoms with E-state index in [0.717, 1.165) is 10.8 Å². The lowest BCUT2D eigenvalue weighted by molar-refractivity contribution is 0.0954. The van der Waals surface area contributed by atoms with E-state index in [0.29, 0.717) is 35.4 Å². The lowest BCUT2D eigenvalue weighted by Crippen LogP contribution is -2.25. The van der Waals surface area contributed by atoms with E-state index in [1.807, 2.05) is 17.5 Å². The maximum atomic E-state index is 13.2. The molecular weight excluding hydrogens is 365 g/mol. The van der Waals surface area contributed by atoms with Crippen LogP contribution in [-0.2, 0) is 6.42 Å². The third-order valence-electron chi connectivity index (χ3n) is 3.95. The van der Waals surface area contributed by atoms with Gasteiger partial charge in [-0.2, -0.15) is 0 Å². The highest BCUT2D eigenvalue weighted by Gasteiger charge is 2.08. The molecule has 4 aromatic rings. The minimum Gasteiger partial charge on any atom is -0.352 e. The SMILES string of the molecule is O=C(NCCc1nc2ccc(F)cc2[nH]1)c1cccc(Nc2nccs2)c1. The van der Waals surface area contributed by atoms with Crippen LogP contribution in [0.4, 0.5) is 15.2 Å². The van der Waals surface area contributed by atoms with Gasteiger partial charge in [-0.05, 0) is 36.4 Å². The van der Waals surface area contributed by atoms with Gasteiger partial charge in [-0.25, -0.2) is 14.4 Å². The Morgan fingerprint density at radius 1 is 1.22 bits per heavy atom. The zero-order valence-electron chi connectivity index (χ0n) is 14.2. The Hall–Kier alpha value is -3.26. The molecule has 2 heterocycles. The van der Waals surface area contributed by atoms with Crippen LogP contribution in [-0.4, -0.2) is 27.4 Å². The van der Waals surface area contributed by atoms with E-state index in [4.69, 9.17) is 0 Å². The summed E-state index contributed by atoms with van der Waals surface area (Å²) in [5.41, 5.74) is 2.72. The van der Waals surface area contributed by atoms with Crippen molar-refractivity contribution in [2.24, 2.45) is 0 Å². The number of aromatic amines is 1. The van der Waals surface area contributed by atoms with Crippen molar-refractivity contribution < 1.29 is 9.18 Å². The number of nitrogens with zero attached hydrogens (tertiary/aromatic N) is 2. The number of halogens is 1. The highest BCUT2D eigenvalue weighted by atomic mass is 32.1. The second-order valence-electron chi connectivity index (χ2n) is 5.89. The highest BCUT2D eigenvalue weighted by Crippen LogP contribution is 2.19. The molecule has 0 fully saturated rings. The molecule has 0 spiro atoms. The smallest absolute Gasteiger partial charge is 0.251 e. The number of carbonyl (C=O) groups is 1. The topological polar surface area (TPSA) is 82.7 Å². The Balaban J connectivity index is 1.36. The summed E-state index contributed by atoms with van der Waals surface area (Å²) in [5.74, 6) is 0.229. The fraction of sp³-hybridized carbons (Fsp3) is 0.105. The lowest BCUT2D eigenvalue weighted by atomic mass is 10.2. The van der Waals surface area contributed by atoms with Gasteiger partial charge in [0.2, 0.25) is 0 Å². The summed E-state index contributed by atoms with van der Waals surface area (Å²) in [5, 5.41) is 8.69. The molecule has 8 heteroatoms. The average Bonchev–Trinajstić information content (AvgIpc) is 3.31. The Labute approximate surface area is 158 Å². The van der Waals surface area contributed by atoms with E-state index in [-0.39, 0.29) is 11.7 Å². The molecular formula is C19H16FN5OS. The molecule has 0 bridgehead atoms. The Kier molecular flexibility index (Phi) is 4.80. The van der Waals surface area contributed by atoms with Gasteiger partial charge in [-0.3, -0.25) is 4.79 Å². The number of imidazole rings is 1. The van der Waals surface area contributed by atoms with Gasteiger partial charge in [0.1, 0.15) is 11.6 Å². The normalized spacial score (nSPS) is 10.9. The molecule has 0 radical (unpaired) electrons. The maximum Gasteiger partial charge on any atom is 0.251 e. The Morgan fingerprint density at radius 2 is 2.15 bits per heavy atom. The number of hydrogen-bond donors (Lipinski definition) is 3. The summed E-state index contributed by atoms with van der Waals surface area (Å²) in [7, 11) is 0. The van der Waals surface area contributed by atoms with Crippen molar-refractivity contribution in [3.05, 3.63) is 71.2 Å². The van der Waals surface area contributed by atoms with Crippen molar-refractivity contribution >= 4 is 39.1 Å². The standard InChI is InChI=1S/C19H16FN5OS/c20-13-4-5-15-16(11-13)25-17(24-15)6-7-21-18(26)12-2-1-3-14(10-12)23-19-22-8-9-27-19/h1-5,8-11H,6-7H2,(H,21,26)(H,22,23)(H,24,25). The van der Waals surface area contributed by atoms with E-state index >= 15 is 0 Å². The molecule has 0 atom stereocenters. The molecule has 136 valence electrons. The molecule has 0 saturated heterocycles. The number of nitrogens with one attached hydrogen (secondary N) is 3. The fourth-order valence-electron chi connectivity index (χ4n) is 2.70. The zero-order valence-corrected chi connectivity index (χ0v) is 15.0. The van der Waals surface area contributed by atoms with Crippen LogP contribution in [0, 0.1) is 5.82 Å². The molecule has 0 unspecified atom stereocenters. The predicted molar refractivity (Wildman–Crippen MR) is 104 cm³/mol. The average molecular weight is 381 g/mol. The van der Waals surface area contributed by atoms with E-state index < -0.39 is 0 Å². The molecule has 2 aromatic carbocycles. The van der Waals surface area contributed by atoms with Gasteiger partial charge >= 0.3 is 0 Å². The van der Waals surface area contributed by atoms with Crippen molar-refractivity contribution in [2.75, 3.05) is 11.9 Å². The fourth-order valence-corrected chi connectivity index (χ4v) is 3.25. The Bertz CT molecular complexity index is 1080. The summed E-state index contributed by atoms with van der Waals surface area (Å²) in [4.78, 5) is 24.0. The van der Waals surface area contributed by atoms with E-state index in [9.17, 15) is 9.18 Å². The molecule has 4 rings (SSSR count). The van der Waals surface area contributed by atoms with Crippen molar-refractivity contribution in [3.8, 4) is 0 Å². The summed E-state index contributed by atoms with van der Waals surface area (Å²) in [6.45, 7) is 0.422. The van der Waals surface area contributed by atoms with Crippen molar-refractivity contribution in [1.29, 1.82) is 0 Å². The van der Waals surface area contributed by atoms with Crippen LogP contribution in [0.25, 0.3) is 11.0 Å². The van der Waals surface area contributed by atoms with E-state index in [2.05, 4.69) is 25.6 Å². The highest BCUT2D eigenvalue weighted by molar-refractivity contribution is 7.13. The van der Waals surface area contributed by atoms with E-state index in [1.54, 1.807) is 24.4 Å². The molecule has 0 aliphatic carbocycles. The Morgan fingerprint density at radius 3 is 3.00 bits per heavy atom. The minimum absolute atomic E-state index is 0.167. The summed E-state index contributed by atoms with van der Waals surface area (Å²) < 4.78 is 13.2. The van der Waals surface area contributed by atoms with Crippen molar-refractivity contribution in [2.45, 2.75) is 6.42 Å². The van der Waals surface area contributed by atoms with Crippen molar-refractivity contribution in [1.82, 2.24) is 20.3 Å². The first-order chi connectivity index (χ1) is 13.2. The largest absolute Gasteiger partial charge is 0.352 e. The molecule has 0 aliphatic heterocycles. The van der Waals surface area contributed by atoms with Crippen LogP contribution in [0.15, 0.2) is 54.0 Å². The number of carbonyl (C=O) groups excluding carboxylic acids is 1. The quantitative estimate of drug-likeness (QED) is 0.473. The van der Waals surface area contributed by atoms with Crippen LogP contribution < -0.4 is 10.6 Å². The van der Waals surface area contributed by atoms with Gasteiger partial charge in [-0.1, -0.05) is 6.07 Å². The zero-order chi connectivity index (χ0) is 18.6. The number of anilines is 2. The predicted octanol–water partition coefficient (Wildman–Crippen LogP) is 3.87. The summed E-state index contributed by atoms with van der Waals surface area (Å²) >= 11 is 1.49. The number of hydrogen-bond acceptors (Lipinski definition) is 5. The van der Waals surface area contributed by atoms with Gasteiger partial charge in [0, 0.05) is 35.8 Å². The van der Waals surface area contributed by atoms with Crippen LogP contribution in [0.5, 0.6) is 0 Å². The number of H-pyrrole nitrogens is 1. The van der Waals surface area contributed by atoms with Gasteiger partial charge in [0.15, 0.2) is 5.13 Å². The molecule has 6 nitrogen and oxygen atoms in total. The summed E-state index contributed by atoms with van der Waals surface area (Å²) in [6, 6.07) is 11.6. The second kappa shape index (κ2) is 7.55. The van der Waals surface area contributed by atoms with Gasteiger partial charge in [-0.15, -0.1) is 11.3 Å². The molecule has 27 heavy (non-hydrogen) atoms. The first-order valence-electron chi connectivity index (χ1n) is 8.36. The van der Waals surface area contributed by atoms with Crippen molar-refractivity contribution in [3.63, 3.8) is 0 Å². The molecule has 0 saturated carbocycles. The third-order valence-corrected chi connectivity index (χ3v) is 4.64. The number of aromatic nitrogens is 3. The van der Waals surface area contributed by atoms with Crippen LogP contribution in [0.2, 0.25) is 0 Å². The van der Waals surface area contributed by atoms with E-state index in [1.165, 1.54) is 23.5 Å². The number of fused-ring (bicyclic) bond motifs is 1. The van der Waals surface area contributed by atoms with Gasteiger partial charge in [0.05, 0.1) is 11.0 Å². The van der Waals surface area contributed by atoms with Crippen LogP contribution >= 0.6 is 11.3 Å². The van der Waals surface area contributed by atoms with Gasteiger partial charge < -0.3 is 15.6 Å². The molecule has 0 aliphatic rings. The number of thiazole rings is 1. The first kappa shape index (κ1) is 17.2. The second-order valence-corrected chi connectivity index (χ2v) is 6.79. The lowest BCUT2D eigenvalue weighted by Gasteiger charge is -2.07. The molecule has 1 amide bonds. The first-order valence-corrected chi connectivity index (χ1v) is 9.24. The number of rotatable bonds is 6. The number of amides is 1. The molecule has 2 aromatic heterocycles. The van der Waals surface area contributed by atoms with Crippen LogP contribution in [0.3, 0.4) is 0 Å². The summed E-state index contributed by atoms with van der Waals surface area (Å²) in [6.07, 6.45) is 2.25. The van der Waals surface area contributed by atoms with Gasteiger partial charge in [0.25, 0.3) is 5.91 Å². The third kappa shape index (κ3) is 4.12. The van der Waals surface area contributed by atoms with Crippen LogP contribution in [0.1, 0.15) is 16.2 Å². The molecule has 3 N–H and O–H groups in total. The monoisotopic (exact) mass is 381 g/mol. The number of benzene rings is 2. The minimum atomic E-state index is -0.308. The maximum absolute atomic E-state index is 13.2.